The lowest BCUT2D eigenvalue weighted by Crippen LogP contribution is -2.29. The maximum absolute atomic E-state index is 12.4. The van der Waals surface area contributed by atoms with Crippen LogP contribution in [0.4, 0.5) is 0 Å². The van der Waals surface area contributed by atoms with E-state index in [1.54, 1.807) is 13.3 Å². The van der Waals surface area contributed by atoms with E-state index in [1.165, 1.54) is 0 Å². The summed E-state index contributed by atoms with van der Waals surface area (Å²) in [6, 6.07) is 13.3. The van der Waals surface area contributed by atoms with E-state index in [0.29, 0.717) is 25.3 Å². The lowest BCUT2D eigenvalue weighted by Gasteiger charge is -2.11. The Hall–Kier alpha value is -3.94. The highest BCUT2D eigenvalue weighted by Gasteiger charge is 2.18. The summed E-state index contributed by atoms with van der Waals surface area (Å²) in [5.74, 6) is 1.36. The number of carbonyl (C=O) groups is 1. The molecule has 0 aliphatic carbocycles. The van der Waals surface area contributed by atoms with Gasteiger partial charge in [-0.2, -0.15) is 5.10 Å². The molecule has 164 valence electrons. The molecule has 4 rings (SSSR count). The van der Waals surface area contributed by atoms with Gasteiger partial charge in [0.15, 0.2) is 5.76 Å². The summed E-state index contributed by atoms with van der Waals surface area (Å²) in [7, 11) is 1.62. The van der Waals surface area contributed by atoms with E-state index in [1.807, 2.05) is 67.2 Å². The first-order chi connectivity index (χ1) is 15.5. The first kappa shape index (κ1) is 21.3. The topological polar surface area (TPSA) is 95.1 Å². The van der Waals surface area contributed by atoms with E-state index in [0.717, 1.165) is 39.5 Å². The molecule has 1 aromatic carbocycles. The van der Waals surface area contributed by atoms with Gasteiger partial charge in [-0.15, -0.1) is 0 Å². The number of rotatable bonds is 8. The summed E-state index contributed by atoms with van der Waals surface area (Å²) < 4.78 is 12.5. The van der Waals surface area contributed by atoms with Gasteiger partial charge in [-0.1, -0.05) is 17.3 Å². The molecule has 8 heteroatoms. The molecule has 32 heavy (non-hydrogen) atoms. The summed E-state index contributed by atoms with van der Waals surface area (Å²) in [6.07, 6.45) is 3.88. The normalized spacial score (nSPS) is 10.8. The molecule has 0 radical (unpaired) electrons. The smallest absolute Gasteiger partial charge is 0.224 e. The van der Waals surface area contributed by atoms with Crippen molar-refractivity contribution in [3.8, 4) is 28.3 Å². The molecular formula is C24H25N5O3. The van der Waals surface area contributed by atoms with E-state index < -0.39 is 0 Å². The minimum atomic E-state index is -0.0491. The molecule has 4 aromatic rings. The Kier molecular flexibility index (Phi) is 6.30. The van der Waals surface area contributed by atoms with Crippen LogP contribution in [-0.4, -0.2) is 39.5 Å². The molecule has 0 saturated carbocycles. The number of hydrogen-bond acceptors (Lipinski definition) is 6. The quantitative estimate of drug-likeness (QED) is 0.458. The first-order valence-corrected chi connectivity index (χ1v) is 10.4. The van der Waals surface area contributed by atoms with Crippen LogP contribution in [0, 0.1) is 13.8 Å². The molecule has 0 bridgehead atoms. The third-order valence-corrected chi connectivity index (χ3v) is 5.09. The second kappa shape index (κ2) is 9.47. The van der Waals surface area contributed by atoms with Gasteiger partial charge in [0.05, 0.1) is 43.2 Å². The number of hydrogen-bond donors (Lipinski definition) is 1. The number of ether oxygens (including phenoxy) is 1. The van der Waals surface area contributed by atoms with Crippen LogP contribution in [0.2, 0.25) is 0 Å². The van der Waals surface area contributed by atoms with E-state index in [4.69, 9.17) is 9.26 Å². The number of methoxy groups -OCH3 is 1. The molecule has 0 saturated heterocycles. The van der Waals surface area contributed by atoms with Crippen LogP contribution in [0.5, 0.6) is 5.75 Å². The largest absolute Gasteiger partial charge is 0.497 e. The molecule has 8 nitrogen and oxygen atoms in total. The van der Waals surface area contributed by atoms with Gasteiger partial charge < -0.3 is 14.6 Å². The zero-order chi connectivity index (χ0) is 22.5. The van der Waals surface area contributed by atoms with Gasteiger partial charge in [-0.25, -0.2) is 0 Å². The van der Waals surface area contributed by atoms with Crippen molar-refractivity contribution < 1.29 is 14.1 Å². The molecule has 0 unspecified atom stereocenters. The van der Waals surface area contributed by atoms with Crippen LogP contribution in [0.15, 0.2) is 59.4 Å². The standard InChI is InChI=1S/C24H25N5O3/c1-16-4-7-19(14-26-16)24-21(22-12-17(2)28-32-22)15-27-29(24)11-10-25-23(30)13-18-5-8-20(31-3)9-6-18/h4-9,12,14-15H,10-11,13H2,1-3H3,(H,25,30). The van der Waals surface area contributed by atoms with Crippen LogP contribution in [0.1, 0.15) is 17.0 Å². The van der Waals surface area contributed by atoms with Crippen molar-refractivity contribution in [1.82, 2.24) is 25.2 Å². The molecule has 0 atom stereocenters. The van der Waals surface area contributed by atoms with Gasteiger partial charge >= 0.3 is 0 Å². The fourth-order valence-electron chi connectivity index (χ4n) is 3.43. The zero-order valence-corrected chi connectivity index (χ0v) is 18.3. The number of nitrogens with zero attached hydrogens (tertiary/aromatic N) is 4. The number of amides is 1. The average Bonchev–Trinajstić information content (AvgIpc) is 3.41. The minimum absolute atomic E-state index is 0.0491. The lowest BCUT2D eigenvalue weighted by atomic mass is 10.1. The fraction of sp³-hybridized carbons (Fsp3) is 0.250. The van der Waals surface area contributed by atoms with Crippen molar-refractivity contribution in [3.05, 3.63) is 71.8 Å². The van der Waals surface area contributed by atoms with Crippen LogP contribution in [0.3, 0.4) is 0 Å². The Labute approximate surface area is 186 Å². The zero-order valence-electron chi connectivity index (χ0n) is 18.3. The number of aryl methyl sites for hydroxylation is 2. The lowest BCUT2D eigenvalue weighted by molar-refractivity contribution is -0.120. The van der Waals surface area contributed by atoms with Crippen molar-refractivity contribution >= 4 is 5.91 Å². The van der Waals surface area contributed by atoms with Crippen LogP contribution < -0.4 is 10.1 Å². The Balaban J connectivity index is 1.47. The molecule has 3 aromatic heterocycles. The second-order valence-electron chi connectivity index (χ2n) is 7.53. The first-order valence-electron chi connectivity index (χ1n) is 10.4. The van der Waals surface area contributed by atoms with Crippen LogP contribution in [0.25, 0.3) is 22.6 Å². The molecule has 0 fully saturated rings. The summed E-state index contributed by atoms with van der Waals surface area (Å²) in [5.41, 5.74) is 5.28. The van der Waals surface area contributed by atoms with Gasteiger partial charge in [-0.05, 0) is 43.7 Å². The Morgan fingerprint density at radius 1 is 1.09 bits per heavy atom. The Bertz CT molecular complexity index is 1190. The third-order valence-electron chi connectivity index (χ3n) is 5.09. The molecule has 1 amide bonds. The molecule has 0 aliphatic rings. The maximum Gasteiger partial charge on any atom is 0.224 e. The predicted octanol–water partition coefficient (Wildman–Crippen LogP) is 3.58. The molecule has 0 spiro atoms. The van der Waals surface area contributed by atoms with E-state index in [2.05, 4.69) is 20.6 Å². The summed E-state index contributed by atoms with van der Waals surface area (Å²) in [4.78, 5) is 16.8. The van der Waals surface area contributed by atoms with E-state index >= 15 is 0 Å². The third kappa shape index (κ3) is 4.85. The predicted molar refractivity (Wildman–Crippen MR) is 120 cm³/mol. The van der Waals surface area contributed by atoms with Gasteiger partial charge in [0, 0.05) is 30.1 Å². The van der Waals surface area contributed by atoms with Crippen molar-refractivity contribution in [2.45, 2.75) is 26.8 Å². The van der Waals surface area contributed by atoms with Crippen molar-refractivity contribution in [3.63, 3.8) is 0 Å². The van der Waals surface area contributed by atoms with Crippen LogP contribution in [-0.2, 0) is 17.8 Å². The van der Waals surface area contributed by atoms with E-state index in [9.17, 15) is 4.79 Å². The molecule has 3 heterocycles. The highest BCUT2D eigenvalue weighted by Crippen LogP contribution is 2.32. The summed E-state index contributed by atoms with van der Waals surface area (Å²) >= 11 is 0. The van der Waals surface area contributed by atoms with Crippen molar-refractivity contribution in [2.75, 3.05) is 13.7 Å². The number of aromatic nitrogens is 4. The van der Waals surface area contributed by atoms with Gasteiger partial charge in [0.25, 0.3) is 0 Å². The Morgan fingerprint density at radius 3 is 2.56 bits per heavy atom. The number of carbonyl (C=O) groups excluding carboxylic acids is 1. The van der Waals surface area contributed by atoms with Crippen molar-refractivity contribution in [2.24, 2.45) is 0 Å². The Morgan fingerprint density at radius 2 is 1.91 bits per heavy atom. The number of benzene rings is 1. The van der Waals surface area contributed by atoms with Gasteiger partial charge in [0.1, 0.15) is 5.75 Å². The van der Waals surface area contributed by atoms with Crippen LogP contribution >= 0.6 is 0 Å². The SMILES string of the molecule is COc1ccc(CC(=O)NCCn2ncc(-c3cc(C)no3)c2-c2ccc(C)nc2)cc1. The second-order valence-corrected chi connectivity index (χ2v) is 7.53. The van der Waals surface area contributed by atoms with E-state index in [-0.39, 0.29) is 5.91 Å². The summed E-state index contributed by atoms with van der Waals surface area (Å²) in [6.45, 7) is 4.77. The maximum atomic E-state index is 12.4. The van der Waals surface area contributed by atoms with Gasteiger partial charge in [-0.3, -0.25) is 14.5 Å². The number of nitrogens with one attached hydrogen (secondary N) is 1. The molecule has 1 N–H and O–H groups in total. The fourth-order valence-corrected chi connectivity index (χ4v) is 3.43. The average molecular weight is 431 g/mol. The monoisotopic (exact) mass is 431 g/mol. The highest BCUT2D eigenvalue weighted by atomic mass is 16.5. The molecular weight excluding hydrogens is 406 g/mol. The van der Waals surface area contributed by atoms with Gasteiger partial charge in [0.2, 0.25) is 5.91 Å². The minimum Gasteiger partial charge on any atom is -0.497 e. The molecule has 0 aliphatic heterocycles. The highest BCUT2D eigenvalue weighted by molar-refractivity contribution is 5.79. The summed E-state index contributed by atoms with van der Waals surface area (Å²) in [5, 5.41) is 11.5. The van der Waals surface area contributed by atoms with Crippen molar-refractivity contribution in [1.29, 1.82) is 0 Å². The number of pyridine rings is 1.